The molecule has 2 atom stereocenters. The minimum atomic E-state index is -0.818. The van der Waals surface area contributed by atoms with Crippen molar-refractivity contribution >= 4 is 23.8 Å². The van der Waals surface area contributed by atoms with Gasteiger partial charge in [-0.3, -0.25) is 9.59 Å². The van der Waals surface area contributed by atoms with Crippen LogP contribution >= 0.6 is 0 Å². The van der Waals surface area contributed by atoms with Crippen LogP contribution in [0, 0.1) is 0 Å². The third-order valence-electron chi connectivity index (χ3n) is 5.06. The number of rotatable bonds is 12. The fourth-order valence-electron chi connectivity index (χ4n) is 3.20. The highest BCUT2D eigenvalue weighted by atomic mass is 16.5. The van der Waals surface area contributed by atoms with Gasteiger partial charge in [-0.25, -0.2) is 9.59 Å². The summed E-state index contributed by atoms with van der Waals surface area (Å²) >= 11 is 0. The van der Waals surface area contributed by atoms with Crippen molar-refractivity contribution in [3.8, 4) is 0 Å². The summed E-state index contributed by atoms with van der Waals surface area (Å²) in [5.41, 5.74) is 0.912. The van der Waals surface area contributed by atoms with E-state index < -0.39 is 24.0 Å². The average molecular weight is 467 g/mol. The molecule has 2 rings (SSSR count). The first kappa shape index (κ1) is 26.3. The fourth-order valence-corrected chi connectivity index (χ4v) is 3.20. The SMILES string of the molecule is COC(=O)[C@H](C/C=C/CCC[C@H](NC(=O)c1ccccc1)C(=O)OC)NC(=O)c1ccccc1. The number of unbranched alkanes of at least 4 members (excludes halogenated alkanes) is 1. The molecule has 0 saturated heterocycles. The van der Waals surface area contributed by atoms with E-state index in [1.54, 1.807) is 66.7 Å². The molecule has 0 unspecified atom stereocenters. The predicted molar refractivity (Wildman–Crippen MR) is 127 cm³/mol. The predicted octanol–water partition coefficient (Wildman–Crippen LogP) is 3.05. The van der Waals surface area contributed by atoms with E-state index in [4.69, 9.17) is 9.47 Å². The van der Waals surface area contributed by atoms with E-state index in [0.717, 1.165) is 0 Å². The van der Waals surface area contributed by atoms with Crippen LogP contribution in [0.1, 0.15) is 46.4 Å². The Labute approximate surface area is 199 Å². The van der Waals surface area contributed by atoms with Crippen LogP contribution in [0.5, 0.6) is 0 Å². The number of esters is 2. The fraction of sp³-hybridized carbons (Fsp3) is 0.308. The second kappa shape index (κ2) is 14.3. The van der Waals surface area contributed by atoms with Crippen molar-refractivity contribution in [3.63, 3.8) is 0 Å². The number of carbonyl (C=O) groups excluding carboxylic acids is 4. The molecular weight excluding hydrogens is 436 g/mol. The lowest BCUT2D eigenvalue weighted by molar-refractivity contribution is -0.143. The number of amides is 2. The van der Waals surface area contributed by atoms with Gasteiger partial charge in [-0.1, -0.05) is 48.6 Å². The number of ether oxygens (including phenoxy) is 2. The van der Waals surface area contributed by atoms with Crippen molar-refractivity contribution in [2.24, 2.45) is 0 Å². The molecule has 2 aromatic rings. The number of nitrogens with one attached hydrogen (secondary N) is 2. The highest BCUT2D eigenvalue weighted by Crippen LogP contribution is 2.08. The maximum Gasteiger partial charge on any atom is 0.328 e. The van der Waals surface area contributed by atoms with Crippen LogP contribution in [0.25, 0.3) is 0 Å². The number of hydrogen-bond donors (Lipinski definition) is 2. The molecule has 0 fully saturated rings. The first-order valence-electron chi connectivity index (χ1n) is 11.0. The lowest BCUT2D eigenvalue weighted by Crippen LogP contribution is -2.41. The maximum absolute atomic E-state index is 12.4. The number of hydrogen-bond acceptors (Lipinski definition) is 6. The van der Waals surface area contributed by atoms with E-state index >= 15 is 0 Å². The van der Waals surface area contributed by atoms with Gasteiger partial charge in [-0.2, -0.15) is 0 Å². The Bertz CT molecular complexity index is 975. The summed E-state index contributed by atoms with van der Waals surface area (Å²) in [6.07, 6.45) is 5.50. The lowest BCUT2D eigenvalue weighted by Gasteiger charge is -2.16. The lowest BCUT2D eigenvalue weighted by atomic mass is 10.1. The number of carbonyl (C=O) groups is 4. The largest absolute Gasteiger partial charge is 0.467 e. The van der Waals surface area contributed by atoms with Gasteiger partial charge in [0.15, 0.2) is 0 Å². The third kappa shape index (κ3) is 8.54. The Balaban J connectivity index is 1.84. The zero-order valence-corrected chi connectivity index (χ0v) is 19.4. The molecule has 0 aliphatic rings. The highest BCUT2D eigenvalue weighted by molar-refractivity contribution is 5.97. The van der Waals surface area contributed by atoms with Crippen LogP contribution in [0.2, 0.25) is 0 Å². The molecular formula is C26H30N2O6. The number of allylic oxidation sites excluding steroid dienone is 1. The van der Waals surface area contributed by atoms with Gasteiger partial charge in [0, 0.05) is 11.1 Å². The summed E-state index contributed by atoms with van der Waals surface area (Å²) in [5, 5.41) is 5.39. The first-order chi connectivity index (χ1) is 16.5. The Morgan fingerprint density at radius 1 is 0.735 bits per heavy atom. The minimum Gasteiger partial charge on any atom is -0.467 e. The summed E-state index contributed by atoms with van der Waals surface area (Å²) in [5.74, 6) is -1.76. The molecule has 8 heteroatoms. The van der Waals surface area contributed by atoms with Crippen molar-refractivity contribution in [2.45, 2.75) is 37.8 Å². The Morgan fingerprint density at radius 3 is 1.71 bits per heavy atom. The molecule has 2 aromatic carbocycles. The van der Waals surface area contributed by atoms with Gasteiger partial charge in [0.25, 0.3) is 11.8 Å². The number of benzene rings is 2. The minimum absolute atomic E-state index is 0.260. The standard InChI is InChI=1S/C26H30N2O6/c1-33-25(31)21(27-23(29)19-13-7-5-8-14-19)17-11-3-4-12-18-22(26(32)34-2)28-24(30)20-15-9-6-10-16-20/h3,5-11,13-16,21-22H,4,12,17-18H2,1-2H3,(H,27,29)(H,28,30)/b11-3+/t21-,22-/m0/s1. The molecule has 34 heavy (non-hydrogen) atoms. The zero-order chi connectivity index (χ0) is 24.8. The Hall–Kier alpha value is -3.94. The summed E-state index contributed by atoms with van der Waals surface area (Å²) in [4.78, 5) is 48.8. The van der Waals surface area contributed by atoms with E-state index in [2.05, 4.69) is 10.6 Å². The molecule has 0 heterocycles. The highest BCUT2D eigenvalue weighted by Gasteiger charge is 2.22. The summed E-state index contributed by atoms with van der Waals surface area (Å²) in [7, 11) is 2.55. The molecule has 0 radical (unpaired) electrons. The monoisotopic (exact) mass is 466 g/mol. The maximum atomic E-state index is 12.4. The zero-order valence-electron chi connectivity index (χ0n) is 19.4. The van der Waals surface area contributed by atoms with E-state index in [1.165, 1.54) is 14.2 Å². The first-order valence-corrected chi connectivity index (χ1v) is 11.0. The van der Waals surface area contributed by atoms with E-state index in [1.807, 2.05) is 6.08 Å². The van der Waals surface area contributed by atoms with Crippen molar-refractivity contribution in [3.05, 3.63) is 83.9 Å². The smallest absolute Gasteiger partial charge is 0.328 e. The van der Waals surface area contributed by atoms with E-state index in [0.29, 0.717) is 30.4 Å². The molecule has 0 spiro atoms. The normalized spacial score (nSPS) is 12.4. The number of methoxy groups -OCH3 is 2. The summed E-state index contributed by atoms with van der Waals surface area (Å²) in [6, 6.07) is 15.7. The third-order valence-corrected chi connectivity index (χ3v) is 5.06. The Kier molecular flexibility index (Phi) is 11.0. The molecule has 0 aliphatic heterocycles. The molecule has 0 aromatic heterocycles. The molecule has 2 amide bonds. The second-order valence-electron chi connectivity index (χ2n) is 7.47. The van der Waals surface area contributed by atoms with Crippen molar-refractivity contribution in [1.82, 2.24) is 10.6 Å². The molecule has 2 N–H and O–H groups in total. The molecule has 0 bridgehead atoms. The van der Waals surface area contributed by atoms with Crippen LogP contribution in [0.15, 0.2) is 72.8 Å². The van der Waals surface area contributed by atoms with Crippen molar-refractivity contribution in [1.29, 1.82) is 0 Å². The van der Waals surface area contributed by atoms with E-state index in [9.17, 15) is 19.2 Å². The van der Waals surface area contributed by atoms with Crippen LogP contribution in [-0.4, -0.2) is 50.1 Å². The van der Waals surface area contributed by atoms with Gasteiger partial charge in [0.2, 0.25) is 0 Å². The molecule has 180 valence electrons. The topological polar surface area (TPSA) is 111 Å². The van der Waals surface area contributed by atoms with Crippen molar-refractivity contribution in [2.75, 3.05) is 14.2 Å². The summed E-state index contributed by atoms with van der Waals surface area (Å²) in [6.45, 7) is 0. The van der Waals surface area contributed by atoms with Gasteiger partial charge < -0.3 is 20.1 Å². The molecule has 0 aliphatic carbocycles. The van der Waals surface area contributed by atoms with Crippen LogP contribution in [-0.2, 0) is 19.1 Å². The molecule has 0 saturated carbocycles. The quantitative estimate of drug-likeness (QED) is 0.283. The van der Waals surface area contributed by atoms with Crippen LogP contribution < -0.4 is 10.6 Å². The molecule has 8 nitrogen and oxygen atoms in total. The van der Waals surface area contributed by atoms with Gasteiger partial charge >= 0.3 is 11.9 Å². The van der Waals surface area contributed by atoms with Gasteiger partial charge in [-0.05, 0) is 49.9 Å². The average Bonchev–Trinajstić information content (AvgIpc) is 2.88. The van der Waals surface area contributed by atoms with Gasteiger partial charge in [0.1, 0.15) is 12.1 Å². The van der Waals surface area contributed by atoms with Crippen LogP contribution in [0.4, 0.5) is 0 Å². The Morgan fingerprint density at radius 2 is 1.21 bits per heavy atom. The van der Waals surface area contributed by atoms with Gasteiger partial charge in [0.05, 0.1) is 14.2 Å². The summed E-state index contributed by atoms with van der Waals surface area (Å²) < 4.78 is 9.60. The van der Waals surface area contributed by atoms with Gasteiger partial charge in [-0.15, -0.1) is 0 Å². The van der Waals surface area contributed by atoms with E-state index in [-0.39, 0.29) is 18.2 Å². The van der Waals surface area contributed by atoms with Crippen LogP contribution in [0.3, 0.4) is 0 Å². The van der Waals surface area contributed by atoms with Crippen molar-refractivity contribution < 1.29 is 28.7 Å². The second-order valence-corrected chi connectivity index (χ2v) is 7.47.